The molecule has 0 atom stereocenters. The number of nitrogens with zero attached hydrogens (tertiary/aromatic N) is 2. The van der Waals surface area contributed by atoms with Gasteiger partial charge in [-0.25, -0.2) is 13.1 Å². The van der Waals surface area contributed by atoms with Gasteiger partial charge < -0.3 is 10.6 Å². The largest absolute Gasteiger partial charge is 0.370 e. The van der Waals surface area contributed by atoms with E-state index in [2.05, 4.69) is 9.71 Å². The van der Waals surface area contributed by atoms with Crippen LogP contribution in [0, 0.1) is 0 Å². The van der Waals surface area contributed by atoms with Gasteiger partial charge in [-0.15, -0.1) is 24.0 Å². The van der Waals surface area contributed by atoms with Crippen molar-refractivity contribution < 1.29 is 8.42 Å². The highest BCUT2D eigenvalue weighted by atomic mass is 127. The topological polar surface area (TPSA) is 87.8 Å². The molecule has 0 saturated heterocycles. The van der Waals surface area contributed by atoms with Crippen molar-refractivity contribution in [2.45, 2.75) is 27.2 Å². The van der Waals surface area contributed by atoms with Crippen LogP contribution in [0.25, 0.3) is 0 Å². The van der Waals surface area contributed by atoms with E-state index in [0.717, 1.165) is 13.1 Å². The molecule has 0 aromatic rings. The zero-order valence-corrected chi connectivity index (χ0v) is 14.5. The fourth-order valence-corrected chi connectivity index (χ4v) is 1.91. The number of hydrogen-bond donors (Lipinski definition) is 2. The minimum absolute atomic E-state index is 0. The average molecular weight is 392 g/mol. The van der Waals surface area contributed by atoms with Crippen LogP contribution in [0.15, 0.2) is 4.99 Å². The smallest absolute Gasteiger partial charge is 0.211 e. The summed E-state index contributed by atoms with van der Waals surface area (Å²) >= 11 is 0. The van der Waals surface area contributed by atoms with Crippen LogP contribution in [-0.2, 0) is 10.0 Å². The molecule has 8 heteroatoms. The molecule has 0 spiro atoms. The maximum atomic E-state index is 11.1. The first-order chi connectivity index (χ1) is 7.96. The summed E-state index contributed by atoms with van der Waals surface area (Å²) in [6.45, 7) is 8.24. The maximum absolute atomic E-state index is 11.1. The molecule has 0 aliphatic carbocycles. The number of nitrogens with two attached hydrogens (primary N) is 1. The first kappa shape index (κ1) is 20.2. The lowest BCUT2D eigenvalue weighted by molar-refractivity contribution is 0.458. The summed E-state index contributed by atoms with van der Waals surface area (Å²) in [4.78, 5) is 6.15. The number of guanidine groups is 1. The molecule has 0 bridgehead atoms. The summed E-state index contributed by atoms with van der Waals surface area (Å²) in [6, 6.07) is 0. The van der Waals surface area contributed by atoms with E-state index in [1.807, 2.05) is 18.7 Å². The zero-order chi connectivity index (χ0) is 13.3. The van der Waals surface area contributed by atoms with Crippen molar-refractivity contribution in [2.75, 3.05) is 31.9 Å². The molecule has 110 valence electrons. The molecule has 0 aliphatic heterocycles. The van der Waals surface area contributed by atoms with E-state index in [4.69, 9.17) is 5.73 Å². The molecule has 0 rings (SSSR count). The molecule has 6 nitrogen and oxygen atoms in total. The van der Waals surface area contributed by atoms with Crippen LogP contribution in [-0.4, -0.2) is 51.2 Å². The van der Waals surface area contributed by atoms with E-state index in [9.17, 15) is 8.42 Å². The fraction of sp³-hybridized carbons (Fsp3) is 0.900. The van der Waals surface area contributed by atoms with Crippen LogP contribution in [0.5, 0.6) is 0 Å². The van der Waals surface area contributed by atoms with Gasteiger partial charge in [0.25, 0.3) is 0 Å². The van der Waals surface area contributed by atoms with Gasteiger partial charge >= 0.3 is 0 Å². The van der Waals surface area contributed by atoms with Gasteiger partial charge in [-0.1, -0.05) is 0 Å². The van der Waals surface area contributed by atoms with Crippen LogP contribution >= 0.6 is 24.0 Å². The van der Waals surface area contributed by atoms with Gasteiger partial charge in [0.15, 0.2) is 5.96 Å². The van der Waals surface area contributed by atoms with Gasteiger partial charge in [-0.05, 0) is 27.2 Å². The monoisotopic (exact) mass is 392 g/mol. The Balaban J connectivity index is 0. The van der Waals surface area contributed by atoms with Crippen LogP contribution in [0.1, 0.15) is 27.2 Å². The lowest BCUT2D eigenvalue weighted by Crippen LogP contribution is -2.37. The molecule has 0 amide bonds. The minimum Gasteiger partial charge on any atom is -0.370 e. The Morgan fingerprint density at radius 1 is 1.28 bits per heavy atom. The van der Waals surface area contributed by atoms with Crippen molar-refractivity contribution in [3.8, 4) is 0 Å². The fourth-order valence-electron chi connectivity index (χ4n) is 1.25. The van der Waals surface area contributed by atoms with Crippen molar-refractivity contribution in [1.29, 1.82) is 0 Å². The molecular formula is C10H25IN4O2S. The van der Waals surface area contributed by atoms with E-state index < -0.39 is 10.0 Å². The van der Waals surface area contributed by atoms with E-state index in [1.165, 1.54) is 0 Å². The summed E-state index contributed by atoms with van der Waals surface area (Å²) in [5.41, 5.74) is 5.77. The molecule has 0 aromatic carbocycles. The average Bonchev–Trinajstić information content (AvgIpc) is 2.30. The normalized spacial score (nSPS) is 12.1. The molecule has 0 aromatic heterocycles. The highest BCUT2D eigenvalue weighted by Crippen LogP contribution is 1.89. The SMILES string of the molecule is CCN(CC)C(N)=NCCCNS(=O)(=O)CC.I. The van der Waals surface area contributed by atoms with Crippen molar-refractivity contribution in [1.82, 2.24) is 9.62 Å². The van der Waals surface area contributed by atoms with E-state index in [-0.39, 0.29) is 29.7 Å². The second kappa shape index (κ2) is 10.8. The first-order valence-electron chi connectivity index (χ1n) is 5.99. The Morgan fingerprint density at radius 2 is 1.83 bits per heavy atom. The maximum Gasteiger partial charge on any atom is 0.211 e. The molecule has 18 heavy (non-hydrogen) atoms. The number of rotatable bonds is 8. The van der Waals surface area contributed by atoms with Crippen molar-refractivity contribution in [3.05, 3.63) is 0 Å². The van der Waals surface area contributed by atoms with Crippen LogP contribution in [0.4, 0.5) is 0 Å². The standard InChI is InChI=1S/C10H24N4O2S.HI/c1-4-14(5-2)10(11)12-8-7-9-13-17(15,16)6-3;/h13H,4-9H2,1-3H3,(H2,11,12);1H. The van der Waals surface area contributed by atoms with E-state index in [1.54, 1.807) is 6.92 Å². The Morgan fingerprint density at radius 3 is 2.28 bits per heavy atom. The van der Waals surface area contributed by atoms with Crippen LogP contribution in [0.3, 0.4) is 0 Å². The van der Waals surface area contributed by atoms with Gasteiger partial charge in [0.05, 0.1) is 5.75 Å². The minimum atomic E-state index is -3.09. The molecule has 0 heterocycles. The molecule has 0 aliphatic rings. The predicted octanol–water partition coefficient (Wildman–Crippen LogP) is 0.590. The quantitative estimate of drug-likeness (QED) is 0.274. The third kappa shape index (κ3) is 8.92. The van der Waals surface area contributed by atoms with Gasteiger partial charge in [-0.2, -0.15) is 0 Å². The second-order valence-corrected chi connectivity index (χ2v) is 5.66. The Hall–Kier alpha value is -0.0900. The van der Waals surface area contributed by atoms with Gasteiger partial charge in [-0.3, -0.25) is 4.99 Å². The molecule has 0 unspecified atom stereocenters. The lowest BCUT2D eigenvalue weighted by atomic mass is 10.4. The molecular weight excluding hydrogens is 367 g/mol. The van der Waals surface area contributed by atoms with Crippen LogP contribution < -0.4 is 10.5 Å². The molecule has 0 fully saturated rings. The third-order valence-electron chi connectivity index (χ3n) is 2.40. The number of nitrogens with one attached hydrogen (secondary N) is 1. The van der Waals surface area contributed by atoms with Crippen molar-refractivity contribution in [3.63, 3.8) is 0 Å². The number of hydrogen-bond acceptors (Lipinski definition) is 3. The molecule has 3 N–H and O–H groups in total. The van der Waals surface area contributed by atoms with Crippen LogP contribution in [0.2, 0.25) is 0 Å². The lowest BCUT2D eigenvalue weighted by Gasteiger charge is -2.19. The number of aliphatic imine (C=N–C) groups is 1. The number of halogens is 1. The second-order valence-electron chi connectivity index (χ2n) is 3.56. The predicted molar refractivity (Wildman–Crippen MR) is 86.9 cm³/mol. The van der Waals surface area contributed by atoms with Gasteiger partial charge in [0, 0.05) is 26.2 Å². The van der Waals surface area contributed by atoms with Gasteiger partial charge in [0.1, 0.15) is 0 Å². The summed E-state index contributed by atoms with van der Waals surface area (Å²) in [7, 11) is -3.09. The Labute approximate surface area is 127 Å². The first-order valence-corrected chi connectivity index (χ1v) is 7.64. The Kier molecular flexibility index (Phi) is 12.1. The summed E-state index contributed by atoms with van der Waals surface area (Å²) in [5.74, 6) is 0.631. The summed E-state index contributed by atoms with van der Waals surface area (Å²) in [6.07, 6.45) is 0.654. The van der Waals surface area contributed by atoms with E-state index >= 15 is 0 Å². The molecule has 0 saturated carbocycles. The Bertz CT molecular complexity index is 329. The third-order valence-corrected chi connectivity index (χ3v) is 3.80. The zero-order valence-electron chi connectivity index (χ0n) is 11.3. The highest BCUT2D eigenvalue weighted by Gasteiger charge is 2.04. The summed E-state index contributed by atoms with van der Waals surface area (Å²) in [5, 5.41) is 0. The molecule has 0 radical (unpaired) electrons. The highest BCUT2D eigenvalue weighted by molar-refractivity contribution is 14.0. The van der Waals surface area contributed by atoms with Gasteiger partial charge in [0.2, 0.25) is 10.0 Å². The number of sulfonamides is 1. The van der Waals surface area contributed by atoms with E-state index in [0.29, 0.717) is 25.5 Å². The van der Waals surface area contributed by atoms with Crippen molar-refractivity contribution >= 4 is 40.0 Å². The summed E-state index contributed by atoms with van der Waals surface area (Å²) < 4.78 is 24.7. The van der Waals surface area contributed by atoms with Crippen molar-refractivity contribution in [2.24, 2.45) is 10.7 Å².